The predicted octanol–water partition coefficient (Wildman–Crippen LogP) is 6.88. The molecule has 37 heavy (non-hydrogen) atoms. The molecule has 1 aliphatic heterocycles. The molecule has 0 bridgehead atoms. The van der Waals surface area contributed by atoms with Crippen molar-refractivity contribution in [1.82, 2.24) is 9.78 Å². The van der Waals surface area contributed by atoms with Gasteiger partial charge in [-0.1, -0.05) is 51.1 Å². The van der Waals surface area contributed by atoms with Gasteiger partial charge in [-0.3, -0.25) is 4.79 Å². The average Bonchev–Trinajstić information content (AvgIpc) is 3.43. The van der Waals surface area contributed by atoms with Crippen molar-refractivity contribution >= 4 is 28.1 Å². The maximum Gasteiger partial charge on any atom is 0.410 e. The molecule has 3 aromatic rings. The first-order valence-electron chi connectivity index (χ1n) is 12.3. The Kier molecular flexibility index (Phi) is 6.31. The summed E-state index contributed by atoms with van der Waals surface area (Å²) < 4.78 is 42.8. The van der Waals surface area contributed by atoms with E-state index in [0.29, 0.717) is 16.5 Å². The number of nitrogens with zero attached hydrogens (tertiary/aromatic N) is 3. The van der Waals surface area contributed by atoms with Gasteiger partial charge in [-0.15, -0.1) is 11.3 Å². The molecular formula is C27H28F3N5OS. The third-order valence-corrected chi connectivity index (χ3v) is 8.62. The van der Waals surface area contributed by atoms with Crippen LogP contribution in [0.4, 0.5) is 24.0 Å². The maximum absolute atomic E-state index is 14.0. The highest BCUT2D eigenvalue weighted by molar-refractivity contribution is 7.16. The van der Waals surface area contributed by atoms with Gasteiger partial charge in [-0.25, -0.2) is 4.68 Å². The van der Waals surface area contributed by atoms with Crippen LogP contribution in [-0.4, -0.2) is 21.9 Å². The number of amides is 1. The van der Waals surface area contributed by atoms with Crippen LogP contribution in [0.3, 0.4) is 0 Å². The summed E-state index contributed by atoms with van der Waals surface area (Å²) in [5, 5.41) is 20.2. The predicted molar refractivity (Wildman–Crippen MR) is 137 cm³/mol. The van der Waals surface area contributed by atoms with Crippen LogP contribution in [0.2, 0.25) is 0 Å². The van der Waals surface area contributed by atoms with Gasteiger partial charge in [-0.05, 0) is 41.7 Å². The summed E-state index contributed by atoms with van der Waals surface area (Å²) in [6.45, 7) is 6.61. The topological polar surface area (TPSA) is 82.7 Å². The second kappa shape index (κ2) is 9.21. The Labute approximate surface area is 217 Å². The molecule has 1 aromatic carbocycles. The van der Waals surface area contributed by atoms with Gasteiger partial charge in [0.05, 0.1) is 11.6 Å². The van der Waals surface area contributed by atoms with Crippen molar-refractivity contribution < 1.29 is 18.0 Å². The molecule has 194 valence electrons. The molecule has 2 N–H and O–H groups in total. The van der Waals surface area contributed by atoms with Crippen LogP contribution < -0.4 is 10.6 Å². The van der Waals surface area contributed by atoms with Crippen molar-refractivity contribution in [1.29, 1.82) is 5.26 Å². The van der Waals surface area contributed by atoms with Gasteiger partial charge in [0.2, 0.25) is 0 Å². The van der Waals surface area contributed by atoms with Crippen LogP contribution in [-0.2, 0) is 12.8 Å². The van der Waals surface area contributed by atoms with E-state index in [0.717, 1.165) is 39.9 Å². The minimum atomic E-state index is -4.53. The van der Waals surface area contributed by atoms with Gasteiger partial charge in [0.1, 0.15) is 16.9 Å². The Morgan fingerprint density at radius 3 is 2.62 bits per heavy atom. The number of halogens is 3. The summed E-state index contributed by atoms with van der Waals surface area (Å²) in [6.07, 6.45) is -2.20. The van der Waals surface area contributed by atoms with Gasteiger partial charge in [0.15, 0.2) is 11.7 Å². The zero-order valence-electron chi connectivity index (χ0n) is 20.8. The average molecular weight is 528 g/mol. The second-order valence-corrected chi connectivity index (χ2v) is 11.9. The highest BCUT2D eigenvalue weighted by atomic mass is 32.1. The number of aromatic nitrogens is 2. The fraction of sp³-hybridized carbons (Fsp3) is 0.444. The van der Waals surface area contributed by atoms with E-state index in [1.54, 1.807) is 30.3 Å². The van der Waals surface area contributed by atoms with Crippen molar-refractivity contribution in [3.63, 3.8) is 0 Å². The molecule has 6 nitrogen and oxygen atoms in total. The van der Waals surface area contributed by atoms with E-state index in [9.17, 15) is 23.2 Å². The number of rotatable bonds is 3. The van der Waals surface area contributed by atoms with Gasteiger partial charge in [0.25, 0.3) is 5.91 Å². The summed E-state index contributed by atoms with van der Waals surface area (Å²) in [7, 11) is 0. The van der Waals surface area contributed by atoms with Gasteiger partial charge in [-0.2, -0.15) is 23.5 Å². The Balaban J connectivity index is 1.42. The Morgan fingerprint density at radius 1 is 1.24 bits per heavy atom. The number of thiophene rings is 1. The number of carbonyl (C=O) groups is 1. The molecule has 2 aliphatic rings. The highest BCUT2D eigenvalue weighted by Gasteiger charge is 2.47. The Bertz CT molecular complexity index is 1360. The molecule has 3 heterocycles. The molecule has 2 aromatic heterocycles. The van der Waals surface area contributed by atoms with Crippen LogP contribution in [0.5, 0.6) is 0 Å². The first kappa shape index (κ1) is 25.3. The minimum Gasteiger partial charge on any atom is -0.363 e. The van der Waals surface area contributed by atoms with Crippen molar-refractivity contribution in [3.8, 4) is 6.07 Å². The monoisotopic (exact) mass is 527 g/mol. The molecule has 0 saturated heterocycles. The summed E-state index contributed by atoms with van der Waals surface area (Å²) in [4.78, 5) is 14.2. The molecule has 5 rings (SSSR count). The fourth-order valence-corrected chi connectivity index (χ4v) is 6.56. The molecule has 0 unspecified atom stereocenters. The Morgan fingerprint density at radius 2 is 1.97 bits per heavy atom. The fourth-order valence-electron chi connectivity index (χ4n) is 5.29. The third-order valence-electron chi connectivity index (χ3n) is 7.45. The SMILES string of the molecule is CC(C)(C)[C@H]1CCc2c(sc(NC(=O)c3cc4n(n3)[C@@H](C(F)(F)F)C[C@H](c3ccccc3)N4)c2C#N)C1. The van der Waals surface area contributed by atoms with Crippen LogP contribution >= 0.6 is 11.3 Å². The van der Waals surface area contributed by atoms with Gasteiger partial charge >= 0.3 is 6.18 Å². The molecule has 0 radical (unpaired) electrons. The van der Waals surface area contributed by atoms with E-state index in [1.807, 2.05) is 0 Å². The van der Waals surface area contributed by atoms with E-state index < -0.39 is 24.2 Å². The van der Waals surface area contributed by atoms with Crippen LogP contribution in [0.1, 0.15) is 77.8 Å². The van der Waals surface area contributed by atoms with E-state index in [2.05, 4.69) is 42.6 Å². The lowest BCUT2D eigenvalue weighted by molar-refractivity contribution is -0.173. The van der Waals surface area contributed by atoms with Gasteiger partial charge < -0.3 is 10.6 Å². The number of benzene rings is 1. The first-order valence-corrected chi connectivity index (χ1v) is 13.1. The maximum atomic E-state index is 14.0. The lowest BCUT2D eigenvalue weighted by Crippen LogP contribution is -2.35. The summed E-state index contributed by atoms with van der Waals surface area (Å²) >= 11 is 1.38. The zero-order chi connectivity index (χ0) is 26.5. The quantitative estimate of drug-likeness (QED) is 0.389. The molecule has 1 amide bonds. The lowest BCUT2D eigenvalue weighted by atomic mass is 9.72. The normalized spacial score (nSPS) is 21.4. The molecular weight excluding hydrogens is 499 g/mol. The van der Waals surface area contributed by atoms with Crippen LogP contribution in [0.15, 0.2) is 36.4 Å². The summed E-state index contributed by atoms with van der Waals surface area (Å²) in [5.74, 6) is -0.0357. The molecule has 1 aliphatic carbocycles. The number of nitrogens with one attached hydrogen (secondary N) is 2. The third kappa shape index (κ3) is 4.85. The smallest absolute Gasteiger partial charge is 0.363 e. The minimum absolute atomic E-state index is 0.131. The largest absolute Gasteiger partial charge is 0.410 e. The number of alkyl halides is 3. The van der Waals surface area contributed by atoms with E-state index >= 15 is 0 Å². The van der Waals surface area contributed by atoms with Gasteiger partial charge in [0, 0.05) is 17.4 Å². The molecule has 0 fully saturated rings. The van der Waals surface area contributed by atoms with E-state index in [1.165, 1.54) is 17.4 Å². The van der Waals surface area contributed by atoms with Crippen molar-refractivity contribution in [2.24, 2.45) is 11.3 Å². The number of hydrogen-bond acceptors (Lipinski definition) is 5. The highest BCUT2D eigenvalue weighted by Crippen LogP contribution is 2.45. The number of fused-ring (bicyclic) bond motifs is 2. The standard InChI is InChI=1S/C27H28F3N5OS/c1-26(2,3)16-9-10-17-18(14-31)25(37-21(17)11-16)33-24(36)20-13-23-32-19(15-7-5-4-6-8-15)12-22(27(28,29)30)35(23)34-20/h4-8,13,16,19,22,32H,9-12H2,1-3H3,(H,33,36)/t16-,19+,22+/m0/s1. The molecule has 0 spiro atoms. The summed E-state index contributed by atoms with van der Waals surface area (Å²) in [6, 6.07) is 10.0. The van der Waals surface area contributed by atoms with E-state index in [-0.39, 0.29) is 23.3 Å². The molecule has 3 atom stereocenters. The van der Waals surface area contributed by atoms with Crippen molar-refractivity contribution in [2.45, 2.75) is 64.7 Å². The number of carbonyl (C=O) groups excluding carboxylic acids is 1. The van der Waals surface area contributed by atoms with Crippen molar-refractivity contribution in [3.05, 3.63) is 63.7 Å². The second-order valence-electron chi connectivity index (χ2n) is 10.8. The van der Waals surface area contributed by atoms with Crippen molar-refractivity contribution in [2.75, 3.05) is 10.6 Å². The summed E-state index contributed by atoms with van der Waals surface area (Å²) in [5.41, 5.74) is 2.14. The van der Waals surface area contributed by atoms with Crippen LogP contribution in [0, 0.1) is 22.7 Å². The Hall–Kier alpha value is -3.32. The number of hydrogen-bond donors (Lipinski definition) is 2. The zero-order valence-corrected chi connectivity index (χ0v) is 21.6. The number of nitriles is 1. The van der Waals surface area contributed by atoms with Crippen LogP contribution in [0.25, 0.3) is 0 Å². The number of anilines is 2. The first-order chi connectivity index (χ1) is 17.5. The van der Waals surface area contributed by atoms with E-state index in [4.69, 9.17) is 0 Å². The molecule has 0 saturated carbocycles. The lowest BCUT2D eigenvalue weighted by Gasteiger charge is -2.33. The molecule has 10 heteroatoms.